The van der Waals surface area contributed by atoms with Gasteiger partial charge in [0.25, 0.3) is 8.53 Å². The first-order chi connectivity index (χ1) is 65.1. The molecule has 7 N–H and O–H groups in total. The lowest BCUT2D eigenvalue weighted by Crippen LogP contribution is -2.66. The van der Waals surface area contributed by atoms with E-state index in [2.05, 4.69) is 48.0 Å². The fourth-order valence-corrected chi connectivity index (χ4v) is 16.3. The number of ether oxygens (including phenoxy) is 21. The van der Waals surface area contributed by atoms with E-state index in [0.29, 0.717) is 25.7 Å². The average Bonchev–Trinajstić information content (AvgIpc) is 0.794. The van der Waals surface area contributed by atoms with Crippen molar-refractivity contribution in [1.29, 1.82) is 5.26 Å². The number of nitrogens with one attached hydrogen (secondary N) is 7. The van der Waals surface area contributed by atoms with Gasteiger partial charge in [-0.2, -0.15) is 5.26 Å². The molecule has 0 aromatic carbocycles. The lowest BCUT2D eigenvalue weighted by atomic mass is 9.84. The summed E-state index contributed by atoms with van der Waals surface area (Å²) in [5.74, 6) is -12.3. The summed E-state index contributed by atoms with van der Waals surface area (Å²) in [5, 5.41) is 28.2. The molecule has 137 heavy (non-hydrogen) atoms. The van der Waals surface area contributed by atoms with Gasteiger partial charge in [-0.1, -0.05) is 0 Å². The molecular formula is C86H139N10O40P. The van der Waals surface area contributed by atoms with E-state index >= 15 is 4.79 Å². The Morgan fingerprint density at radius 3 is 1.01 bits per heavy atom. The Morgan fingerprint density at radius 2 is 0.708 bits per heavy atom. The molecule has 17 atom stereocenters. The highest BCUT2D eigenvalue weighted by Crippen LogP contribution is 2.49. The predicted octanol–water partition coefficient (Wildman–Crippen LogP) is -1.56. The molecule has 51 heteroatoms. The lowest BCUT2D eigenvalue weighted by molar-refractivity contribution is -0.279. The minimum atomic E-state index is -1.59. The van der Waals surface area contributed by atoms with Crippen LogP contribution in [0.4, 0.5) is 0 Å². The van der Waals surface area contributed by atoms with Crippen molar-refractivity contribution >= 4 is 109 Å². The quantitative estimate of drug-likeness (QED) is 0.0157. The largest absolute Gasteiger partial charge is 0.463 e. The molecule has 4 rings (SSSR count). The third-order valence-corrected chi connectivity index (χ3v) is 22.2. The van der Waals surface area contributed by atoms with Crippen LogP contribution in [0.5, 0.6) is 0 Å². The fourth-order valence-electron chi connectivity index (χ4n) is 14.6. The highest BCUT2D eigenvalue weighted by atomic mass is 31.2. The summed E-state index contributed by atoms with van der Waals surface area (Å²) in [4.78, 5) is 218. The zero-order valence-corrected chi connectivity index (χ0v) is 81.7. The summed E-state index contributed by atoms with van der Waals surface area (Å²) < 4.78 is 133. The van der Waals surface area contributed by atoms with E-state index in [1.54, 1.807) is 0 Å². The molecule has 1 saturated carbocycles. The number of carbonyl (C=O) groups is 17. The van der Waals surface area contributed by atoms with Crippen LogP contribution in [0.25, 0.3) is 0 Å². The van der Waals surface area contributed by atoms with Crippen LogP contribution >= 0.6 is 8.53 Å². The van der Waals surface area contributed by atoms with Crippen molar-refractivity contribution in [3.63, 3.8) is 0 Å². The molecule has 0 aromatic rings. The van der Waals surface area contributed by atoms with Gasteiger partial charge in [-0.3, -0.25) is 86.8 Å². The number of nitriles is 1. The maximum atomic E-state index is 15.1. The minimum absolute atomic E-state index is 0.0110. The molecule has 50 nitrogen and oxygen atoms in total. The van der Waals surface area contributed by atoms with Gasteiger partial charge < -0.3 is 145 Å². The summed E-state index contributed by atoms with van der Waals surface area (Å²) in [7, 11) is -1.59. The Kier molecular flexibility index (Phi) is 57.8. The number of hydrogen-bond donors (Lipinski definition) is 7. The van der Waals surface area contributed by atoms with E-state index in [1.165, 1.54) is 20.8 Å². The van der Waals surface area contributed by atoms with Crippen LogP contribution in [0.15, 0.2) is 0 Å². The molecule has 4 aliphatic rings. The van der Waals surface area contributed by atoms with Crippen molar-refractivity contribution in [1.82, 2.24) is 46.8 Å². The Labute approximate surface area is 797 Å². The van der Waals surface area contributed by atoms with Crippen LogP contribution in [0.3, 0.4) is 0 Å². The van der Waals surface area contributed by atoms with E-state index in [9.17, 15) is 82.0 Å². The van der Waals surface area contributed by atoms with Crippen molar-refractivity contribution in [2.24, 2.45) is 5.92 Å². The number of esters is 9. The van der Waals surface area contributed by atoms with Gasteiger partial charge in [0, 0.05) is 127 Å². The monoisotopic (exact) mass is 1980 g/mol. The number of nitrogens with zero attached hydrogens (tertiary/aromatic N) is 3. The number of ketones is 1. The van der Waals surface area contributed by atoms with Gasteiger partial charge in [0.05, 0.1) is 137 Å². The first kappa shape index (κ1) is 120. The van der Waals surface area contributed by atoms with Crippen LogP contribution in [0.1, 0.15) is 156 Å². The first-order valence-electron chi connectivity index (χ1n) is 45.2. The van der Waals surface area contributed by atoms with Gasteiger partial charge in [0.2, 0.25) is 41.4 Å². The first-order valence-corrected chi connectivity index (χ1v) is 46.3. The van der Waals surface area contributed by atoms with Crippen molar-refractivity contribution in [3.8, 4) is 6.07 Å². The van der Waals surface area contributed by atoms with Gasteiger partial charge >= 0.3 is 53.7 Å². The van der Waals surface area contributed by atoms with E-state index in [4.69, 9.17) is 109 Å². The second-order valence-corrected chi connectivity index (χ2v) is 33.7. The normalized spacial score (nSPS) is 23.4. The molecular weight excluding hydrogens is 1840 g/mol. The highest BCUT2D eigenvalue weighted by Gasteiger charge is 2.55. The second-order valence-electron chi connectivity index (χ2n) is 32.3. The number of amides is 7. The fraction of sp³-hybridized carbons (Fsp3) is 0.791. The molecule has 1 aliphatic carbocycles. The van der Waals surface area contributed by atoms with Gasteiger partial charge in [-0.05, 0) is 59.8 Å². The molecule has 0 aromatic heterocycles. The number of rotatable bonds is 65. The summed E-state index contributed by atoms with van der Waals surface area (Å²) in [5.41, 5.74) is 0. The smallest absolute Gasteiger partial charge is 0.303 e. The Balaban J connectivity index is 1.49. The maximum Gasteiger partial charge on any atom is 0.303 e. The van der Waals surface area contributed by atoms with Crippen molar-refractivity contribution in [2.75, 3.05) is 165 Å². The summed E-state index contributed by atoms with van der Waals surface area (Å²) in [6, 6.07) is -2.87. The molecule has 7 amide bonds. The average molecular weight is 1980 g/mol. The molecule has 4 fully saturated rings. The second kappa shape index (κ2) is 66.2. The summed E-state index contributed by atoms with van der Waals surface area (Å²) >= 11 is 0. The minimum Gasteiger partial charge on any atom is -0.463 e. The zero-order chi connectivity index (χ0) is 102. The third-order valence-electron chi connectivity index (χ3n) is 20.1. The van der Waals surface area contributed by atoms with Crippen LogP contribution < -0.4 is 37.2 Å². The Hall–Kier alpha value is -9.53. The summed E-state index contributed by atoms with van der Waals surface area (Å²) in [6.07, 6.45) is -14.7. The van der Waals surface area contributed by atoms with Gasteiger partial charge in [-0.15, -0.1) is 0 Å². The summed E-state index contributed by atoms with van der Waals surface area (Å²) in [6.45, 7) is 17.3. The van der Waals surface area contributed by atoms with E-state index in [-0.39, 0.29) is 175 Å². The standard InChI is InChI=1S/C86H139N10O40P/c1-50(2)96(51(3)4)137(126-28-17-24-87)136-65-20-18-64(19-21-65)67(109)44-91-66(22-23-71(110)88-25-29-114-32-35-117-38-41-120-84-74(92-52(5)97)80(130-61(14)106)77(127-58(11)103)68(133-84)47-123-55(8)100)83(113)95(45-72(111)89-26-30-115-33-36-118-39-42-121-85-75(93-53(6)98)81(131-62(15)107)78(128-59(12)104)69(134-85)48-124-56(9)101)46-73(112)90-27-31-116-34-37-119-40-43-122-86-76(94-54(7)99)82(132-63(16)108)79(129-60(13)105)70(135-86)49-125-57(10)102/h50-51,64-66,68-70,74-82,84-86,91H,17-23,25-49H2,1-16H3,(H,88,110)(H,89,111)(H,90,112)(H,92,97)(H,93,98)(H,94,99)/t64-,65-,66?,68?,69?,70?,74?,75?,76?,77?,78?,79?,80?,81?,82?,84?,85?,86?,137?. The zero-order valence-electron chi connectivity index (χ0n) is 80.8. The molecule has 0 radical (unpaired) electrons. The molecule has 3 saturated heterocycles. The Bertz CT molecular complexity index is 3730. The van der Waals surface area contributed by atoms with Crippen molar-refractivity contribution in [3.05, 3.63) is 0 Å². The topological polar surface area (TPSA) is 617 Å². The van der Waals surface area contributed by atoms with Crippen molar-refractivity contribution < 1.29 is 190 Å². The number of hydrogen-bond acceptors (Lipinski definition) is 43. The molecule has 3 aliphatic heterocycles. The molecule has 778 valence electrons. The van der Waals surface area contributed by atoms with Gasteiger partial charge in [0.15, 0.2) is 55.5 Å². The highest BCUT2D eigenvalue weighted by molar-refractivity contribution is 7.44. The van der Waals surface area contributed by atoms with Gasteiger partial charge in [-0.25, -0.2) is 4.67 Å². The number of carbonyl (C=O) groups excluding carboxylic acids is 17. The third kappa shape index (κ3) is 48.3. The SMILES string of the molecule is CC(=O)NC1C(OCCOCCOCCNC(=O)CCC(NCC(=O)[C@H]2CC[C@H](OP(OCCC#N)N(C(C)C)C(C)C)CC2)C(=O)N(CC(=O)NCCOCCOCCOC2OC(COC(C)=O)C(OC(C)=O)C(OC(C)=O)C2NC(C)=O)CC(=O)NCCOCCOCCOC2OC(COC(C)=O)C(OC(C)=O)C(OC(C)=O)C2NC(C)=O)OC(COC(C)=O)C(OC(C)=O)C1OC(C)=O. The molecule has 0 spiro atoms. The van der Waals surface area contributed by atoms with E-state index in [0.717, 1.165) is 67.2 Å². The lowest BCUT2D eigenvalue weighted by Gasteiger charge is -2.44. The van der Waals surface area contributed by atoms with Gasteiger partial charge in [0.1, 0.15) is 75.1 Å². The number of Topliss-reactive ketones (excluding diaryl/α,β-unsaturated/α-hetero) is 1. The molecule has 3 heterocycles. The van der Waals surface area contributed by atoms with E-state index in [1.807, 2.05) is 27.7 Å². The Morgan fingerprint density at radius 1 is 0.394 bits per heavy atom. The molecule has 17 unspecified atom stereocenters. The van der Waals surface area contributed by atoms with Crippen LogP contribution in [-0.2, 0) is 190 Å². The van der Waals surface area contributed by atoms with Crippen LogP contribution in [0, 0.1) is 17.2 Å². The van der Waals surface area contributed by atoms with Crippen LogP contribution in [-0.4, -0.2) is 391 Å². The predicted molar refractivity (Wildman–Crippen MR) is 468 cm³/mol. The van der Waals surface area contributed by atoms with Crippen LogP contribution in [0.2, 0.25) is 0 Å². The van der Waals surface area contributed by atoms with E-state index < -0.39 is 240 Å². The maximum absolute atomic E-state index is 15.1. The molecule has 0 bridgehead atoms. The van der Waals surface area contributed by atoms with Crippen molar-refractivity contribution in [2.45, 2.75) is 272 Å².